The molecule has 0 saturated heterocycles. The van der Waals surface area contributed by atoms with Gasteiger partial charge in [0.25, 0.3) is 0 Å². The highest BCUT2D eigenvalue weighted by atomic mass is 15.1. The van der Waals surface area contributed by atoms with Gasteiger partial charge in [-0.2, -0.15) is 0 Å². The Hall–Kier alpha value is -1.08. The molecule has 0 aromatic heterocycles. The maximum Gasteiger partial charge on any atom is 0.0304 e. The third kappa shape index (κ3) is 2.73. The van der Waals surface area contributed by atoms with E-state index in [1.807, 2.05) is 0 Å². The molecule has 1 aliphatic carbocycles. The highest BCUT2D eigenvalue weighted by molar-refractivity contribution is 5.54. The lowest BCUT2D eigenvalue weighted by Gasteiger charge is -2.31. The van der Waals surface area contributed by atoms with Gasteiger partial charge in [0.2, 0.25) is 0 Å². The van der Waals surface area contributed by atoms with Crippen LogP contribution < -0.4 is 0 Å². The molecule has 0 N–H and O–H groups in total. The highest BCUT2D eigenvalue weighted by Gasteiger charge is 2.20. The highest BCUT2D eigenvalue weighted by Crippen LogP contribution is 2.28. The first-order chi connectivity index (χ1) is 7.77. The van der Waals surface area contributed by atoms with E-state index in [9.17, 15) is 0 Å². The van der Waals surface area contributed by atoms with Crippen LogP contribution in [-0.4, -0.2) is 25.0 Å². The molecule has 16 heavy (non-hydrogen) atoms. The third-order valence-corrected chi connectivity index (χ3v) is 3.40. The van der Waals surface area contributed by atoms with Crippen molar-refractivity contribution in [3.8, 4) is 0 Å². The molecule has 1 aromatic carbocycles. The van der Waals surface area contributed by atoms with Crippen LogP contribution in [0.2, 0.25) is 0 Å². The zero-order chi connectivity index (χ0) is 11.4. The van der Waals surface area contributed by atoms with E-state index in [0.29, 0.717) is 6.04 Å². The quantitative estimate of drug-likeness (QED) is 0.729. The first-order valence-electron chi connectivity index (χ1n) is 6.19. The van der Waals surface area contributed by atoms with Crippen molar-refractivity contribution in [1.29, 1.82) is 0 Å². The van der Waals surface area contributed by atoms with Crippen LogP contribution in [0.15, 0.2) is 35.9 Å². The summed E-state index contributed by atoms with van der Waals surface area (Å²) in [5.74, 6) is 0. The fourth-order valence-electron chi connectivity index (χ4n) is 2.54. The Morgan fingerprint density at radius 1 is 1.12 bits per heavy atom. The van der Waals surface area contributed by atoms with Crippen molar-refractivity contribution in [3.05, 3.63) is 41.5 Å². The molecule has 86 valence electrons. The molecule has 1 aliphatic rings. The second-order valence-electron chi connectivity index (χ2n) is 4.86. The van der Waals surface area contributed by atoms with E-state index in [1.54, 1.807) is 5.57 Å². The molecule has 1 saturated carbocycles. The van der Waals surface area contributed by atoms with Gasteiger partial charge in [-0.15, -0.1) is 0 Å². The van der Waals surface area contributed by atoms with Crippen LogP contribution in [0.1, 0.15) is 31.2 Å². The maximum absolute atomic E-state index is 2.38. The Balaban J connectivity index is 2.20. The van der Waals surface area contributed by atoms with Gasteiger partial charge in [-0.25, -0.2) is 0 Å². The van der Waals surface area contributed by atoms with Gasteiger partial charge < -0.3 is 4.90 Å². The molecule has 0 spiro atoms. The zero-order valence-electron chi connectivity index (χ0n) is 10.3. The Morgan fingerprint density at radius 2 is 1.88 bits per heavy atom. The number of likely N-dealkylation sites (N-methyl/N-ethyl adjacent to an activating group) is 1. The van der Waals surface area contributed by atoms with E-state index in [2.05, 4.69) is 55.4 Å². The molecular weight excluding hydrogens is 194 g/mol. The van der Waals surface area contributed by atoms with E-state index in [-0.39, 0.29) is 0 Å². The molecule has 0 heterocycles. The lowest BCUT2D eigenvalue weighted by atomic mass is 9.88. The summed E-state index contributed by atoms with van der Waals surface area (Å²) in [5.41, 5.74) is 2.94. The molecule has 1 fully saturated rings. The summed E-state index contributed by atoms with van der Waals surface area (Å²) < 4.78 is 0. The summed E-state index contributed by atoms with van der Waals surface area (Å²) in [6, 6.07) is 11.3. The van der Waals surface area contributed by atoms with Gasteiger partial charge in [0, 0.05) is 6.04 Å². The fraction of sp³-hybridized carbons (Fsp3) is 0.467. The smallest absolute Gasteiger partial charge is 0.0304 e. The molecule has 1 unspecified atom stereocenters. The van der Waals surface area contributed by atoms with Crippen molar-refractivity contribution in [3.63, 3.8) is 0 Å². The van der Waals surface area contributed by atoms with E-state index in [4.69, 9.17) is 0 Å². The number of rotatable bonds is 2. The number of hydrogen-bond acceptors (Lipinski definition) is 1. The standard InChI is InChI=1S/C15H21N/c1-16(2)15-11-7-6-10-14(15)12-13-8-4-3-5-9-13/h3-5,8-9,12,15H,6-7,10-11H2,1-2H3/b14-12+. The van der Waals surface area contributed by atoms with Crippen molar-refractivity contribution in [2.75, 3.05) is 14.1 Å². The van der Waals surface area contributed by atoms with E-state index < -0.39 is 0 Å². The Labute approximate surface area is 98.8 Å². The lowest BCUT2D eigenvalue weighted by Crippen LogP contribution is -2.31. The van der Waals surface area contributed by atoms with Gasteiger partial charge in [-0.3, -0.25) is 0 Å². The molecule has 1 heteroatoms. The third-order valence-electron chi connectivity index (χ3n) is 3.40. The van der Waals surface area contributed by atoms with E-state index in [1.165, 1.54) is 31.2 Å². The van der Waals surface area contributed by atoms with Gasteiger partial charge in [-0.1, -0.05) is 48.4 Å². The van der Waals surface area contributed by atoms with Gasteiger partial charge in [0.05, 0.1) is 0 Å². The van der Waals surface area contributed by atoms with Crippen LogP contribution in [0.25, 0.3) is 6.08 Å². The minimum absolute atomic E-state index is 0.647. The lowest BCUT2D eigenvalue weighted by molar-refractivity contribution is 0.285. The summed E-state index contributed by atoms with van der Waals surface area (Å²) in [6.45, 7) is 0. The van der Waals surface area contributed by atoms with Crippen LogP contribution in [0, 0.1) is 0 Å². The normalized spacial score (nSPS) is 23.9. The van der Waals surface area contributed by atoms with Crippen molar-refractivity contribution in [1.82, 2.24) is 4.90 Å². The molecule has 1 aromatic rings. The average Bonchev–Trinajstić information content (AvgIpc) is 2.31. The van der Waals surface area contributed by atoms with Crippen LogP contribution in [0.4, 0.5) is 0 Å². The monoisotopic (exact) mass is 215 g/mol. The minimum Gasteiger partial charge on any atom is -0.303 e. The number of nitrogens with zero attached hydrogens (tertiary/aromatic N) is 1. The topological polar surface area (TPSA) is 3.24 Å². The van der Waals surface area contributed by atoms with Crippen molar-refractivity contribution < 1.29 is 0 Å². The van der Waals surface area contributed by atoms with Gasteiger partial charge in [0.15, 0.2) is 0 Å². The number of benzene rings is 1. The van der Waals surface area contributed by atoms with Crippen molar-refractivity contribution in [2.45, 2.75) is 31.7 Å². The predicted octanol–water partition coefficient (Wildman–Crippen LogP) is 3.57. The molecule has 1 atom stereocenters. The van der Waals surface area contributed by atoms with Crippen LogP contribution in [0.3, 0.4) is 0 Å². The van der Waals surface area contributed by atoms with Gasteiger partial charge in [0.1, 0.15) is 0 Å². The van der Waals surface area contributed by atoms with Gasteiger partial charge >= 0.3 is 0 Å². The molecular formula is C15H21N. The van der Waals surface area contributed by atoms with Crippen molar-refractivity contribution >= 4 is 6.08 Å². The van der Waals surface area contributed by atoms with Crippen LogP contribution in [-0.2, 0) is 0 Å². The second kappa shape index (κ2) is 5.31. The Kier molecular flexibility index (Phi) is 3.79. The summed E-state index contributed by atoms with van der Waals surface area (Å²) in [5, 5.41) is 0. The molecule has 0 radical (unpaired) electrons. The maximum atomic E-state index is 2.38. The fourth-order valence-corrected chi connectivity index (χ4v) is 2.54. The molecule has 2 rings (SSSR count). The first-order valence-corrected chi connectivity index (χ1v) is 6.19. The summed E-state index contributed by atoms with van der Waals surface area (Å²) in [7, 11) is 4.38. The number of hydrogen-bond donors (Lipinski definition) is 0. The minimum atomic E-state index is 0.647. The Morgan fingerprint density at radius 3 is 2.56 bits per heavy atom. The zero-order valence-corrected chi connectivity index (χ0v) is 10.3. The van der Waals surface area contributed by atoms with Crippen LogP contribution in [0.5, 0.6) is 0 Å². The molecule has 0 aliphatic heterocycles. The average molecular weight is 215 g/mol. The first kappa shape index (κ1) is 11.4. The summed E-state index contributed by atoms with van der Waals surface area (Å²) in [6.07, 6.45) is 7.67. The summed E-state index contributed by atoms with van der Waals surface area (Å²) >= 11 is 0. The van der Waals surface area contributed by atoms with E-state index >= 15 is 0 Å². The predicted molar refractivity (Wildman–Crippen MR) is 70.4 cm³/mol. The Bertz CT molecular complexity index is 351. The van der Waals surface area contributed by atoms with Crippen molar-refractivity contribution in [2.24, 2.45) is 0 Å². The molecule has 0 amide bonds. The van der Waals surface area contributed by atoms with Gasteiger partial charge in [-0.05, 0) is 38.9 Å². The van der Waals surface area contributed by atoms with E-state index in [0.717, 1.165) is 0 Å². The SMILES string of the molecule is CN(C)C1CCCC/C1=C\c1ccccc1. The second-order valence-corrected chi connectivity index (χ2v) is 4.86. The van der Waals surface area contributed by atoms with Crippen LogP contribution >= 0.6 is 0 Å². The largest absolute Gasteiger partial charge is 0.303 e. The molecule has 0 bridgehead atoms. The molecule has 1 nitrogen and oxygen atoms in total. The summed E-state index contributed by atoms with van der Waals surface area (Å²) in [4.78, 5) is 2.36.